The number of esters is 1. The molecule has 0 bridgehead atoms. The molecule has 0 radical (unpaired) electrons. The maximum Gasteiger partial charge on any atom is 0.348 e. The van der Waals surface area contributed by atoms with Gasteiger partial charge in [-0.3, -0.25) is 4.79 Å². The Morgan fingerprint density at radius 1 is 1.33 bits per heavy atom. The number of nitrogens with one attached hydrogen (secondary N) is 1. The van der Waals surface area contributed by atoms with Crippen LogP contribution in [0.5, 0.6) is 0 Å². The van der Waals surface area contributed by atoms with Gasteiger partial charge in [-0.25, -0.2) is 9.18 Å². The summed E-state index contributed by atoms with van der Waals surface area (Å²) < 4.78 is 24.1. The molecule has 2 aromatic heterocycles. The minimum Gasteiger partial charge on any atom is -0.467 e. The third-order valence-electron chi connectivity index (χ3n) is 3.36. The minimum absolute atomic E-state index is 0.321. The molecule has 0 aliphatic heterocycles. The lowest BCUT2D eigenvalue weighted by molar-refractivity contribution is -0.125. The number of benzene rings is 1. The molecule has 1 atom stereocenters. The molecule has 0 unspecified atom stereocenters. The van der Waals surface area contributed by atoms with E-state index in [-0.39, 0.29) is 11.9 Å². The van der Waals surface area contributed by atoms with Crippen LogP contribution < -0.4 is 5.32 Å². The summed E-state index contributed by atoms with van der Waals surface area (Å²) >= 11 is 1.19. The normalized spacial score (nSPS) is 12.1. The van der Waals surface area contributed by atoms with Crippen molar-refractivity contribution in [2.75, 3.05) is 6.61 Å². The van der Waals surface area contributed by atoms with Crippen LogP contribution in [0.2, 0.25) is 0 Å². The Bertz CT molecular complexity index is 872. The largest absolute Gasteiger partial charge is 0.467 e. The molecule has 3 rings (SSSR count). The number of thiophene rings is 1. The monoisotopic (exact) mass is 347 g/mol. The molecule has 0 aliphatic rings. The summed E-state index contributed by atoms with van der Waals surface area (Å²) in [5, 5.41) is 3.29. The minimum atomic E-state index is -0.614. The summed E-state index contributed by atoms with van der Waals surface area (Å²) in [5.74, 6) is -0.801. The molecule has 124 valence electrons. The van der Waals surface area contributed by atoms with E-state index in [0.717, 1.165) is 4.70 Å². The molecule has 5 nitrogen and oxygen atoms in total. The highest BCUT2D eigenvalue weighted by Crippen LogP contribution is 2.26. The fourth-order valence-corrected chi connectivity index (χ4v) is 3.15. The highest BCUT2D eigenvalue weighted by Gasteiger charge is 2.16. The Labute approximate surface area is 141 Å². The number of hydrogen-bond donors (Lipinski definition) is 1. The fraction of sp³-hybridized carbons (Fsp3) is 0.176. The van der Waals surface area contributed by atoms with E-state index >= 15 is 0 Å². The average molecular weight is 347 g/mol. The van der Waals surface area contributed by atoms with Gasteiger partial charge < -0.3 is 14.5 Å². The molecule has 1 aromatic carbocycles. The second-order valence-electron chi connectivity index (χ2n) is 5.17. The van der Waals surface area contributed by atoms with Gasteiger partial charge in [0, 0.05) is 4.70 Å². The molecule has 0 saturated heterocycles. The molecule has 0 aliphatic carbocycles. The molecule has 1 amide bonds. The second-order valence-corrected chi connectivity index (χ2v) is 6.26. The van der Waals surface area contributed by atoms with Gasteiger partial charge in [0.05, 0.1) is 12.3 Å². The Kier molecular flexibility index (Phi) is 4.61. The van der Waals surface area contributed by atoms with Gasteiger partial charge in [-0.15, -0.1) is 11.3 Å². The molecule has 3 aromatic rings. The molecular weight excluding hydrogens is 333 g/mol. The highest BCUT2D eigenvalue weighted by molar-refractivity contribution is 7.20. The fourth-order valence-electron chi connectivity index (χ4n) is 2.21. The number of hydrogen-bond acceptors (Lipinski definition) is 5. The van der Waals surface area contributed by atoms with Gasteiger partial charge in [0.1, 0.15) is 16.5 Å². The van der Waals surface area contributed by atoms with Crippen LogP contribution in [0.15, 0.2) is 47.1 Å². The van der Waals surface area contributed by atoms with Crippen LogP contribution in [0.25, 0.3) is 10.1 Å². The Balaban J connectivity index is 1.57. The van der Waals surface area contributed by atoms with Gasteiger partial charge in [0.2, 0.25) is 0 Å². The van der Waals surface area contributed by atoms with Gasteiger partial charge in [-0.05, 0) is 48.7 Å². The van der Waals surface area contributed by atoms with Crippen molar-refractivity contribution in [2.24, 2.45) is 0 Å². The van der Waals surface area contributed by atoms with E-state index in [2.05, 4.69) is 5.32 Å². The van der Waals surface area contributed by atoms with Crippen molar-refractivity contribution in [3.8, 4) is 0 Å². The van der Waals surface area contributed by atoms with E-state index in [1.807, 2.05) is 0 Å². The predicted octanol–water partition coefficient (Wildman–Crippen LogP) is 3.67. The SMILES string of the molecule is C[C@@H](NC(=O)COC(=O)c1cc2cc(F)ccc2s1)c1ccco1. The van der Waals surface area contributed by atoms with Crippen LogP contribution in [0.3, 0.4) is 0 Å². The number of fused-ring (bicyclic) bond motifs is 1. The Morgan fingerprint density at radius 2 is 2.17 bits per heavy atom. The third kappa shape index (κ3) is 3.62. The number of furan rings is 1. The first-order chi connectivity index (χ1) is 11.5. The quantitative estimate of drug-likeness (QED) is 0.715. The Morgan fingerprint density at radius 3 is 2.92 bits per heavy atom. The molecule has 2 heterocycles. The summed E-state index contributed by atoms with van der Waals surface area (Å²) in [6.45, 7) is 1.37. The summed E-state index contributed by atoms with van der Waals surface area (Å²) in [4.78, 5) is 24.2. The molecule has 1 N–H and O–H groups in total. The highest BCUT2D eigenvalue weighted by atomic mass is 32.1. The van der Waals surface area contributed by atoms with Crippen molar-refractivity contribution in [3.63, 3.8) is 0 Å². The van der Waals surface area contributed by atoms with Crippen LogP contribution in [0.4, 0.5) is 4.39 Å². The van der Waals surface area contributed by atoms with E-state index in [1.54, 1.807) is 31.2 Å². The van der Waals surface area contributed by atoms with Crippen LogP contribution in [-0.2, 0) is 9.53 Å². The average Bonchev–Trinajstić information content (AvgIpc) is 3.21. The number of carbonyl (C=O) groups excluding carboxylic acids is 2. The van der Waals surface area contributed by atoms with Crippen LogP contribution in [0.1, 0.15) is 28.4 Å². The van der Waals surface area contributed by atoms with E-state index < -0.39 is 18.5 Å². The number of carbonyl (C=O) groups is 2. The number of halogens is 1. The smallest absolute Gasteiger partial charge is 0.348 e. The maximum atomic E-state index is 13.2. The lowest BCUT2D eigenvalue weighted by Crippen LogP contribution is -2.30. The van der Waals surface area contributed by atoms with Gasteiger partial charge in [0.15, 0.2) is 6.61 Å². The van der Waals surface area contributed by atoms with Crippen LogP contribution in [-0.4, -0.2) is 18.5 Å². The Hall–Kier alpha value is -2.67. The van der Waals surface area contributed by atoms with E-state index in [1.165, 1.54) is 29.7 Å². The van der Waals surface area contributed by atoms with E-state index in [4.69, 9.17) is 9.15 Å². The van der Waals surface area contributed by atoms with Gasteiger partial charge in [0.25, 0.3) is 5.91 Å². The molecule has 0 spiro atoms. The zero-order chi connectivity index (χ0) is 17.1. The van der Waals surface area contributed by atoms with Crippen LogP contribution in [0, 0.1) is 5.82 Å². The predicted molar refractivity (Wildman–Crippen MR) is 87.3 cm³/mol. The lowest BCUT2D eigenvalue weighted by atomic mass is 10.2. The second kappa shape index (κ2) is 6.84. The van der Waals surface area contributed by atoms with Crippen molar-refractivity contribution >= 4 is 33.3 Å². The number of rotatable bonds is 5. The van der Waals surface area contributed by atoms with Gasteiger partial charge in [-0.1, -0.05) is 0 Å². The first-order valence-electron chi connectivity index (χ1n) is 7.22. The zero-order valence-corrected chi connectivity index (χ0v) is 13.6. The molecule has 24 heavy (non-hydrogen) atoms. The van der Waals surface area contributed by atoms with Crippen molar-refractivity contribution < 1.29 is 23.1 Å². The van der Waals surface area contributed by atoms with Gasteiger partial charge >= 0.3 is 5.97 Å². The third-order valence-corrected chi connectivity index (χ3v) is 4.46. The van der Waals surface area contributed by atoms with Gasteiger partial charge in [-0.2, -0.15) is 0 Å². The van der Waals surface area contributed by atoms with Crippen molar-refractivity contribution in [1.82, 2.24) is 5.32 Å². The van der Waals surface area contributed by atoms with Crippen LogP contribution >= 0.6 is 11.3 Å². The standard InChI is InChI=1S/C17H14FNO4S/c1-10(13-3-2-6-22-13)19-16(20)9-23-17(21)15-8-11-7-12(18)4-5-14(11)24-15/h2-8,10H,9H2,1H3,(H,19,20)/t10-/m1/s1. The van der Waals surface area contributed by atoms with Crippen molar-refractivity contribution in [1.29, 1.82) is 0 Å². The van der Waals surface area contributed by atoms with Crippen molar-refractivity contribution in [3.05, 3.63) is 59.1 Å². The zero-order valence-electron chi connectivity index (χ0n) is 12.7. The summed E-state index contributed by atoms with van der Waals surface area (Å²) in [5.41, 5.74) is 0. The topological polar surface area (TPSA) is 68.5 Å². The molecule has 7 heteroatoms. The maximum absolute atomic E-state index is 13.2. The molecule has 0 fully saturated rings. The number of amides is 1. The first kappa shape index (κ1) is 16.2. The van der Waals surface area contributed by atoms with Crippen molar-refractivity contribution in [2.45, 2.75) is 13.0 Å². The summed E-state index contributed by atoms with van der Waals surface area (Å²) in [6, 6.07) is 8.98. The number of ether oxygens (including phenoxy) is 1. The molecule has 0 saturated carbocycles. The summed E-state index contributed by atoms with van der Waals surface area (Å²) in [6.07, 6.45) is 1.52. The van der Waals surface area contributed by atoms with E-state index in [0.29, 0.717) is 16.0 Å². The van der Waals surface area contributed by atoms with E-state index in [9.17, 15) is 14.0 Å². The summed E-state index contributed by atoms with van der Waals surface area (Å²) in [7, 11) is 0. The first-order valence-corrected chi connectivity index (χ1v) is 8.03. The molecular formula is C17H14FNO4S. The lowest BCUT2D eigenvalue weighted by Gasteiger charge is -2.11.